The first-order valence-corrected chi connectivity index (χ1v) is 6.96. The summed E-state index contributed by atoms with van der Waals surface area (Å²) in [6, 6.07) is 4.02. The highest BCUT2D eigenvalue weighted by Gasteiger charge is 2.17. The van der Waals surface area contributed by atoms with E-state index in [2.05, 4.69) is 5.32 Å². The first-order valence-electron chi connectivity index (χ1n) is 6.96. The van der Waals surface area contributed by atoms with E-state index in [0.29, 0.717) is 18.5 Å². The lowest BCUT2D eigenvalue weighted by molar-refractivity contribution is -0.136. The van der Waals surface area contributed by atoms with Crippen LogP contribution in [0.15, 0.2) is 18.2 Å². The molecule has 5 nitrogen and oxygen atoms in total. The van der Waals surface area contributed by atoms with Gasteiger partial charge >= 0.3 is 5.97 Å². The SMILES string of the molecule is O=C(O)Cc1ccc(NC(=O)CCC2CCCO2)cc1F. The number of carbonyl (C=O) groups is 2. The number of aliphatic carboxylic acids is 1. The number of carboxylic acids is 1. The molecule has 1 amide bonds. The van der Waals surface area contributed by atoms with Gasteiger partial charge in [0.15, 0.2) is 0 Å². The molecule has 1 fully saturated rings. The molecule has 0 bridgehead atoms. The zero-order valence-electron chi connectivity index (χ0n) is 11.6. The van der Waals surface area contributed by atoms with Gasteiger partial charge in [-0.25, -0.2) is 4.39 Å². The van der Waals surface area contributed by atoms with Crippen LogP contribution in [0.2, 0.25) is 0 Å². The van der Waals surface area contributed by atoms with Crippen LogP contribution in [0.1, 0.15) is 31.2 Å². The van der Waals surface area contributed by atoms with Crippen LogP contribution in [0, 0.1) is 5.82 Å². The minimum absolute atomic E-state index is 0.0971. The standard InChI is InChI=1S/C15H18FNO4/c16-13-9-11(4-3-10(13)8-15(19)20)17-14(18)6-5-12-2-1-7-21-12/h3-4,9,12H,1-2,5-8H2,(H,17,18)(H,19,20). The van der Waals surface area contributed by atoms with Crippen LogP contribution >= 0.6 is 0 Å². The second-order valence-electron chi connectivity index (χ2n) is 5.10. The molecule has 0 saturated carbocycles. The van der Waals surface area contributed by atoms with Gasteiger partial charge in [0.25, 0.3) is 0 Å². The van der Waals surface area contributed by atoms with Gasteiger partial charge in [-0.3, -0.25) is 9.59 Å². The van der Waals surface area contributed by atoms with Crippen LogP contribution in [0.25, 0.3) is 0 Å². The van der Waals surface area contributed by atoms with Crippen molar-refractivity contribution < 1.29 is 23.8 Å². The fourth-order valence-electron chi connectivity index (χ4n) is 2.32. The molecular weight excluding hydrogens is 277 g/mol. The Balaban J connectivity index is 1.85. The summed E-state index contributed by atoms with van der Waals surface area (Å²) in [5, 5.41) is 11.2. The van der Waals surface area contributed by atoms with Crippen LogP contribution in [-0.2, 0) is 20.7 Å². The first kappa shape index (κ1) is 15.4. The Morgan fingerprint density at radius 2 is 2.24 bits per heavy atom. The highest BCUT2D eigenvalue weighted by atomic mass is 19.1. The average Bonchev–Trinajstić information content (AvgIpc) is 2.92. The van der Waals surface area contributed by atoms with Gasteiger partial charge in [-0.2, -0.15) is 0 Å². The molecule has 0 aliphatic carbocycles. The molecule has 1 heterocycles. The van der Waals surface area contributed by atoms with E-state index >= 15 is 0 Å². The zero-order chi connectivity index (χ0) is 15.2. The van der Waals surface area contributed by atoms with Crippen LogP contribution in [0.4, 0.5) is 10.1 Å². The Hall–Kier alpha value is -1.95. The Morgan fingerprint density at radius 3 is 2.86 bits per heavy atom. The maximum atomic E-state index is 13.7. The highest BCUT2D eigenvalue weighted by Crippen LogP contribution is 2.18. The number of benzene rings is 1. The summed E-state index contributed by atoms with van der Waals surface area (Å²) in [6.07, 6.45) is 2.76. The molecule has 0 radical (unpaired) electrons. The first-order chi connectivity index (χ1) is 10.0. The number of hydrogen-bond acceptors (Lipinski definition) is 3. The van der Waals surface area contributed by atoms with Crippen molar-refractivity contribution in [3.63, 3.8) is 0 Å². The van der Waals surface area contributed by atoms with Gasteiger partial charge in [-0.05, 0) is 37.0 Å². The molecule has 1 atom stereocenters. The molecular formula is C15H18FNO4. The van der Waals surface area contributed by atoms with Crippen LogP contribution < -0.4 is 5.32 Å². The van der Waals surface area contributed by atoms with Gasteiger partial charge in [0, 0.05) is 18.7 Å². The lowest BCUT2D eigenvalue weighted by Gasteiger charge is -2.10. The van der Waals surface area contributed by atoms with Crippen molar-refractivity contribution >= 4 is 17.6 Å². The fourth-order valence-corrected chi connectivity index (χ4v) is 2.32. The Bertz CT molecular complexity index is 526. The van der Waals surface area contributed by atoms with Gasteiger partial charge < -0.3 is 15.2 Å². The maximum absolute atomic E-state index is 13.7. The molecule has 1 aliphatic heterocycles. The van der Waals surface area contributed by atoms with E-state index in [1.54, 1.807) is 0 Å². The van der Waals surface area contributed by atoms with Gasteiger partial charge in [0.1, 0.15) is 5.82 Å². The molecule has 1 aromatic rings. The fraction of sp³-hybridized carbons (Fsp3) is 0.467. The molecule has 114 valence electrons. The lowest BCUT2D eigenvalue weighted by atomic mass is 10.1. The number of amides is 1. The van der Waals surface area contributed by atoms with Crippen molar-refractivity contribution in [2.45, 2.75) is 38.2 Å². The molecule has 1 aromatic carbocycles. The molecule has 2 rings (SSSR count). The smallest absolute Gasteiger partial charge is 0.307 e. The number of rotatable bonds is 6. The number of halogens is 1. The van der Waals surface area contributed by atoms with Gasteiger partial charge in [-0.15, -0.1) is 0 Å². The molecule has 0 spiro atoms. The van der Waals surface area contributed by atoms with Crippen LogP contribution in [-0.4, -0.2) is 29.7 Å². The van der Waals surface area contributed by atoms with E-state index in [1.807, 2.05) is 0 Å². The third-order valence-corrected chi connectivity index (χ3v) is 3.40. The molecule has 0 aromatic heterocycles. The Labute approximate surface area is 122 Å². The van der Waals surface area contributed by atoms with Crippen molar-refractivity contribution in [2.24, 2.45) is 0 Å². The van der Waals surface area contributed by atoms with E-state index in [1.165, 1.54) is 12.1 Å². The number of anilines is 1. The monoisotopic (exact) mass is 295 g/mol. The number of nitrogens with one attached hydrogen (secondary N) is 1. The third kappa shape index (κ3) is 4.82. The maximum Gasteiger partial charge on any atom is 0.307 e. The van der Waals surface area contributed by atoms with Gasteiger partial charge in [0.2, 0.25) is 5.91 Å². The summed E-state index contributed by atoms with van der Waals surface area (Å²) < 4.78 is 19.1. The summed E-state index contributed by atoms with van der Waals surface area (Å²) in [5.74, 6) is -1.92. The minimum atomic E-state index is -1.10. The van der Waals surface area contributed by atoms with E-state index < -0.39 is 11.8 Å². The summed E-state index contributed by atoms with van der Waals surface area (Å²) in [4.78, 5) is 22.3. The van der Waals surface area contributed by atoms with E-state index in [9.17, 15) is 14.0 Å². The topological polar surface area (TPSA) is 75.6 Å². The number of carboxylic acid groups (broad SMARTS) is 1. The van der Waals surface area contributed by atoms with Gasteiger partial charge in [-0.1, -0.05) is 6.07 Å². The highest BCUT2D eigenvalue weighted by molar-refractivity contribution is 5.90. The summed E-state index contributed by atoms with van der Waals surface area (Å²) in [7, 11) is 0. The number of hydrogen-bond donors (Lipinski definition) is 2. The predicted octanol–water partition coefficient (Wildman–Crippen LogP) is 2.35. The largest absolute Gasteiger partial charge is 0.481 e. The number of ether oxygens (including phenoxy) is 1. The Kier molecular flexibility index (Phi) is 5.27. The second-order valence-corrected chi connectivity index (χ2v) is 5.10. The summed E-state index contributed by atoms with van der Waals surface area (Å²) in [6.45, 7) is 0.753. The predicted molar refractivity (Wildman–Crippen MR) is 74.6 cm³/mol. The number of carbonyl (C=O) groups excluding carboxylic acids is 1. The summed E-state index contributed by atoms with van der Waals surface area (Å²) >= 11 is 0. The molecule has 2 N–H and O–H groups in total. The second kappa shape index (κ2) is 7.17. The Morgan fingerprint density at radius 1 is 1.43 bits per heavy atom. The normalized spacial score (nSPS) is 17.7. The van der Waals surface area contributed by atoms with Crippen molar-refractivity contribution in [3.05, 3.63) is 29.6 Å². The zero-order valence-corrected chi connectivity index (χ0v) is 11.6. The molecule has 21 heavy (non-hydrogen) atoms. The van der Waals surface area contributed by atoms with Crippen molar-refractivity contribution in [1.29, 1.82) is 0 Å². The van der Waals surface area contributed by atoms with Crippen molar-refractivity contribution in [2.75, 3.05) is 11.9 Å². The van der Waals surface area contributed by atoms with Gasteiger partial charge in [0.05, 0.1) is 12.5 Å². The van der Waals surface area contributed by atoms with Crippen molar-refractivity contribution in [1.82, 2.24) is 0 Å². The van der Waals surface area contributed by atoms with Crippen molar-refractivity contribution in [3.8, 4) is 0 Å². The summed E-state index contributed by atoms with van der Waals surface area (Å²) in [5.41, 5.74) is 0.429. The molecule has 1 aliphatic rings. The molecule has 1 saturated heterocycles. The average molecular weight is 295 g/mol. The molecule has 6 heteroatoms. The third-order valence-electron chi connectivity index (χ3n) is 3.40. The lowest BCUT2D eigenvalue weighted by Crippen LogP contribution is -2.15. The quantitative estimate of drug-likeness (QED) is 0.844. The van der Waals surface area contributed by atoms with Crippen LogP contribution in [0.3, 0.4) is 0 Å². The minimum Gasteiger partial charge on any atom is -0.481 e. The van der Waals surface area contributed by atoms with E-state index in [0.717, 1.165) is 25.5 Å². The van der Waals surface area contributed by atoms with E-state index in [4.69, 9.17) is 9.84 Å². The van der Waals surface area contributed by atoms with Crippen LogP contribution in [0.5, 0.6) is 0 Å². The molecule has 1 unspecified atom stereocenters. The van der Waals surface area contributed by atoms with E-state index in [-0.39, 0.29) is 24.0 Å².